The normalized spacial score (nSPS) is 12.0. The lowest BCUT2D eigenvalue weighted by Crippen LogP contribution is -2.38. The second-order valence-corrected chi connectivity index (χ2v) is 5.66. The van der Waals surface area contributed by atoms with E-state index in [-0.39, 0.29) is 19.2 Å². The van der Waals surface area contributed by atoms with Crippen molar-refractivity contribution in [2.24, 2.45) is 0 Å². The summed E-state index contributed by atoms with van der Waals surface area (Å²) in [4.78, 5) is 17.9. The molecule has 0 aliphatic heterocycles. The number of hydrogen-bond acceptors (Lipinski definition) is 5. The van der Waals surface area contributed by atoms with Crippen LogP contribution in [0.3, 0.4) is 0 Å². The lowest BCUT2D eigenvalue weighted by molar-refractivity contribution is 0.0501. The van der Waals surface area contributed by atoms with Gasteiger partial charge in [-0.2, -0.15) is 0 Å². The average Bonchev–Trinajstić information content (AvgIpc) is 2.87. The van der Waals surface area contributed by atoms with Crippen molar-refractivity contribution in [2.45, 2.75) is 20.0 Å². The summed E-state index contributed by atoms with van der Waals surface area (Å²) < 4.78 is 10.5. The van der Waals surface area contributed by atoms with Crippen LogP contribution in [-0.4, -0.2) is 54.4 Å². The second kappa shape index (κ2) is 7.94. The molecule has 1 unspecified atom stereocenters. The van der Waals surface area contributed by atoms with E-state index >= 15 is 0 Å². The van der Waals surface area contributed by atoms with Gasteiger partial charge in [0, 0.05) is 25.4 Å². The van der Waals surface area contributed by atoms with Gasteiger partial charge in [-0.1, -0.05) is 6.07 Å². The lowest BCUT2D eigenvalue weighted by Gasteiger charge is -2.21. The molecule has 1 aromatic heterocycles. The highest BCUT2D eigenvalue weighted by Crippen LogP contribution is 2.24. The summed E-state index contributed by atoms with van der Waals surface area (Å²) in [6.07, 6.45) is -0.727. The number of amides is 2. The fourth-order valence-electron chi connectivity index (χ4n) is 2.19. The summed E-state index contributed by atoms with van der Waals surface area (Å²) >= 11 is 0. The molecule has 0 saturated heterocycles. The Bertz CT molecular complexity index is 679. The number of likely N-dealkylation sites (N-methyl/N-ethyl adjacent to an activating group) is 1. The summed E-state index contributed by atoms with van der Waals surface area (Å²) in [5.41, 5.74) is 2.25. The first-order valence-electron chi connectivity index (χ1n) is 7.64. The predicted octanol–water partition coefficient (Wildman–Crippen LogP) is 2.43. The van der Waals surface area contributed by atoms with E-state index in [0.717, 1.165) is 17.0 Å². The number of aliphatic hydroxyl groups is 1. The van der Waals surface area contributed by atoms with Crippen molar-refractivity contribution in [3.63, 3.8) is 0 Å². The van der Waals surface area contributed by atoms with Crippen LogP contribution in [0.2, 0.25) is 0 Å². The van der Waals surface area contributed by atoms with Gasteiger partial charge in [-0.05, 0) is 32.0 Å². The smallest absolute Gasteiger partial charge is 0.321 e. The molecule has 1 atom stereocenters. The standard InChI is InChI=1S/C17H23N3O4/c1-11-12(2)24-16(18-11)13-6-5-7-14(8-13)19-17(22)20(3)9-15(21)10-23-4/h5-8,15,21H,9-10H2,1-4H3,(H,19,22). The molecule has 24 heavy (non-hydrogen) atoms. The minimum absolute atomic E-state index is 0.177. The van der Waals surface area contributed by atoms with Crippen LogP contribution in [0.5, 0.6) is 0 Å². The van der Waals surface area contributed by atoms with Crippen molar-refractivity contribution >= 4 is 11.7 Å². The number of carbonyl (C=O) groups excluding carboxylic acids is 1. The number of aliphatic hydroxyl groups excluding tert-OH is 1. The number of ether oxygens (including phenoxy) is 1. The van der Waals surface area contributed by atoms with E-state index in [2.05, 4.69) is 10.3 Å². The largest absolute Gasteiger partial charge is 0.441 e. The van der Waals surface area contributed by atoms with Crippen LogP contribution in [0, 0.1) is 13.8 Å². The number of carbonyl (C=O) groups is 1. The number of aryl methyl sites for hydroxylation is 2. The van der Waals surface area contributed by atoms with Crippen LogP contribution in [-0.2, 0) is 4.74 Å². The molecular formula is C17H23N3O4. The van der Waals surface area contributed by atoms with E-state index in [9.17, 15) is 9.90 Å². The van der Waals surface area contributed by atoms with E-state index in [1.165, 1.54) is 12.0 Å². The summed E-state index contributed by atoms with van der Waals surface area (Å²) in [5.74, 6) is 1.29. The Kier molecular flexibility index (Phi) is 5.94. The molecule has 130 valence electrons. The van der Waals surface area contributed by atoms with E-state index in [1.807, 2.05) is 26.0 Å². The number of hydrogen-bond donors (Lipinski definition) is 2. The monoisotopic (exact) mass is 333 g/mol. The molecule has 2 amide bonds. The van der Waals surface area contributed by atoms with E-state index in [4.69, 9.17) is 9.15 Å². The number of methoxy groups -OCH3 is 1. The Morgan fingerprint density at radius 3 is 2.83 bits per heavy atom. The molecule has 0 aliphatic rings. The number of nitrogens with zero attached hydrogens (tertiary/aromatic N) is 2. The third-order valence-electron chi connectivity index (χ3n) is 3.58. The highest BCUT2D eigenvalue weighted by atomic mass is 16.5. The Labute approximate surface area is 141 Å². The van der Waals surface area contributed by atoms with Crippen LogP contribution < -0.4 is 5.32 Å². The minimum atomic E-state index is -0.727. The summed E-state index contributed by atoms with van der Waals surface area (Å²) in [7, 11) is 3.11. The van der Waals surface area contributed by atoms with E-state index in [0.29, 0.717) is 11.6 Å². The number of benzene rings is 1. The predicted molar refractivity (Wildman–Crippen MR) is 90.9 cm³/mol. The topological polar surface area (TPSA) is 87.8 Å². The zero-order valence-electron chi connectivity index (χ0n) is 14.4. The van der Waals surface area contributed by atoms with Gasteiger partial charge in [0.15, 0.2) is 0 Å². The van der Waals surface area contributed by atoms with Crippen LogP contribution in [0.1, 0.15) is 11.5 Å². The molecule has 2 N–H and O–H groups in total. The fourth-order valence-corrected chi connectivity index (χ4v) is 2.19. The van der Waals surface area contributed by atoms with Crippen LogP contribution in [0.4, 0.5) is 10.5 Å². The van der Waals surface area contributed by atoms with Gasteiger partial charge < -0.3 is 24.5 Å². The third-order valence-corrected chi connectivity index (χ3v) is 3.58. The van der Waals surface area contributed by atoms with Gasteiger partial charge in [-0.3, -0.25) is 0 Å². The van der Waals surface area contributed by atoms with Crippen LogP contribution in [0.15, 0.2) is 28.7 Å². The van der Waals surface area contributed by atoms with Gasteiger partial charge in [0.25, 0.3) is 0 Å². The highest BCUT2D eigenvalue weighted by molar-refractivity contribution is 5.89. The van der Waals surface area contributed by atoms with Gasteiger partial charge in [0.1, 0.15) is 5.76 Å². The highest BCUT2D eigenvalue weighted by Gasteiger charge is 2.14. The van der Waals surface area contributed by atoms with Gasteiger partial charge in [0.2, 0.25) is 5.89 Å². The van der Waals surface area contributed by atoms with Gasteiger partial charge in [-0.15, -0.1) is 0 Å². The van der Waals surface area contributed by atoms with Crippen molar-refractivity contribution in [3.05, 3.63) is 35.7 Å². The quantitative estimate of drug-likeness (QED) is 0.848. The molecule has 0 radical (unpaired) electrons. The maximum Gasteiger partial charge on any atom is 0.321 e. The van der Waals surface area contributed by atoms with Crippen LogP contribution >= 0.6 is 0 Å². The number of nitrogens with one attached hydrogen (secondary N) is 1. The lowest BCUT2D eigenvalue weighted by atomic mass is 10.2. The molecule has 0 saturated carbocycles. The zero-order valence-corrected chi connectivity index (χ0v) is 14.4. The Morgan fingerprint density at radius 2 is 2.21 bits per heavy atom. The first kappa shape index (κ1) is 18.0. The molecular weight excluding hydrogens is 310 g/mol. The molecule has 1 heterocycles. The fraction of sp³-hybridized carbons (Fsp3) is 0.412. The summed E-state index contributed by atoms with van der Waals surface area (Å²) in [6, 6.07) is 6.94. The van der Waals surface area contributed by atoms with Gasteiger partial charge in [0.05, 0.1) is 24.9 Å². The number of urea groups is 1. The molecule has 0 aliphatic carbocycles. The van der Waals surface area contributed by atoms with E-state index < -0.39 is 6.10 Å². The Balaban J connectivity index is 2.05. The number of anilines is 1. The van der Waals surface area contributed by atoms with Crippen molar-refractivity contribution < 1.29 is 19.1 Å². The van der Waals surface area contributed by atoms with Crippen molar-refractivity contribution in [1.82, 2.24) is 9.88 Å². The number of rotatable bonds is 6. The SMILES string of the molecule is COCC(O)CN(C)C(=O)Nc1cccc(-c2nc(C)c(C)o2)c1. The van der Waals surface area contributed by atoms with Crippen LogP contribution in [0.25, 0.3) is 11.5 Å². The molecule has 7 nitrogen and oxygen atoms in total. The van der Waals surface area contributed by atoms with Crippen molar-refractivity contribution in [1.29, 1.82) is 0 Å². The molecule has 0 fully saturated rings. The number of aromatic nitrogens is 1. The summed E-state index contributed by atoms with van der Waals surface area (Å²) in [6.45, 7) is 4.10. The average molecular weight is 333 g/mol. The Hall–Kier alpha value is -2.38. The summed E-state index contributed by atoms with van der Waals surface area (Å²) in [5, 5.41) is 12.5. The first-order chi connectivity index (χ1) is 11.4. The van der Waals surface area contributed by atoms with Gasteiger partial charge >= 0.3 is 6.03 Å². The third kappa shape index (κ3) is 4.56. The van der Waals surface area contributed by atoms with Crippen molar-refractivity contribution in [2.75, 3.05) is 32.6 Å². The zero-order chi connectivity index (χ0) is 17.7. The maximum atomic E-state index is 12.2. The molecule has 2 rings (SSSR count). The maximum absolute atomic E-state index is 12.2. The molecule has 0 bridgehead atoms. The molecule has 2 aromatic rings. The minimum Gasteiger partial charge on any atom is -0.441 e. The molecule has 0 spiro atoms. The first-order valence-corrected chi connectivity index (χ1v) is 7.64. The number of oxazole rings is 1. The van der Waals surface area contributed by atoms with Gasteiger partial charge in [-0.25, -0.2) is 9.78 Å². The second-order valence-electron chi connectivity index (χ2n) is 5.66. The molecule has 7 heteroatoms. The van der Waals surface area contributed by atoms with E-state index in [1.54, 1.807) is 19.2 Å². The molecule has 1 aromatic carbocycles. The Morgan fingerprint density at radius 1 is 1.46 bits per heavy atom. The van der Waals surface area contributed by atoms with Crippen molar-refractivity contribution in [3.8, 4) is 11.5 Å².